The highest BCUT2D eigenvalue weighted by Gasteiger charge is 2.49. The lowest BCUT2D eigenvalue weighted by molar-refractivity contribution is 0.316. The van der Waals surface area contributed by atoms with E-state index in [1.165, 1.54) is 42.8 Å². The molecule has 3 aliphatic carbocycles. The van der Waals surface area contributed by atoms with E-state index in [2.05, 4.69) is 17.3 Å². The zero-order valence-electron chi connectivity index (χ0n) is 14.5. The fourth-order valence-electron chi connectivity index (χ4n) is 5.54. The molecule has 0 aromatic carbocycles. The second-order valence-corrected chi connectivity index (χ2v) is 8.27. The number of aromatic nitrogens is 3. The Morgan fingerprint density at radius 2 is 2.12 bits per heavy atom. The number of hydrogen-bond donors (Lipinski definition) is 2. The first-order chi connectivity index (χ1) is 11.7. The van der Waals surface area contributed by atoms with E-state index in [4.69, 9.17) is 10.7 Å². The van der Waals surface area contributed by atoms with E-state index in [0.717, 1.165) is 31.3 Å². The van der Waals surface area contributed by atoms with Gasteiger partial charge in [0, 0.05) is 29.1 Å². The molecule has 2 aromatic heterocycles. The predicted molar refractivity (Wildman–Crippen MR) is 95.2 cm³/mol. The van der Waals surface area contributed by atoms with Gasteiger partial charge < -0.3 is 11.1 Å². The molecule has 128 valence electrons. The monoisotopic (exact) mass is 325 g/mol. The van der Waals surface area contributed by atoms with Gasteiger partial charge in [0.2, 0.25) is 0 Å². The summed E-state index contributed by atoms with van der Waals surface area (Å²) >= 11 is 0. The average Bonchev–Trinajstić information content (AvgIpc) is 3.32. The molecule has 3 atom stereocenters. The summed E-state index contributed by atoms with van der Waals surface area (Å²) in [6.45, 7) is 2.42. The highest BCUT2D eigenvalue weighted by atomic mass is 15.3. The van der Waals surface area contributed by atoms with Crippen LogP contribution in [0.2, 0.25) is 0 Å². The zero-order chi connectivity index (χ0) is 16.3. The Kier molecular flexibility index (Phi) is 3.18. The van der Waals surface area contributed by atoms with Crippen LogP contribution in [0.3, 0.4) is 0 Å². The summed E-state index contributed by atoms with van der Waals surface area (Å²) in [6, 6.07) is 2.84. The first kappa shape index (κ1) is 14.7. The van der Waals surface area contributed by atoms with Crippen LogP contribution in [0.5, 0.6) is 0 Å². The van der Waals surface area contributed by atoms with Crippen LogP contribution in [-0.2, 0) is 11.8 Å². The first-order valence-electron chi connectivity index (χ1n) is 9.56. The maximum absolute atomic E-state index is 6.13. The van der Waals surface area contributed by atoms with Crippen LogP contribution in [-0.4, -0.2) is 26.7 Å². The minimum atomic E-state index is 0.309. The molecule has 0 aliphatic heterocycles. The van der Waals surface area contributed by atoms with Gasteiger partial charge in [-0.25, -0.2) is 4.98 Å². The fraction of sp³-hybridized carbons (Fsp3) is 0.684. The lowest BCUT2D eigenvalue weighted by Gasteiger charge is -2.29. The van der Waals surface area contributed by atoms with E-state index < -0.39 is 0 Å². The van der Waals surface area contributed by atoms with E-state index in [1.807, 2.05) is 16.8 Å². The van der Waals surface area contributed by atoms with Crippen LogP contribution < -0.4 is 11.1 Å². The maximum atomic E-state index is 6.13. The van der Waals surface area contributed by atoms with Crippen molar-refractivity contribution in [2.24, 2.45) is 11.7 Å². The number of anilines is 1. The summed E-state index contributed by atoms with van der Waals surface area (Å²) in [7, 11) is 0. The van der Waals surface area contributed by atoms with Gasteiger partial charge in [0.15, 0.2) is 5.65 Å². The average molecular weight is 325 g/mol. The van der Waals surface area contributed by atoms with Gasteiger partial charge in [0.1, 0.15) is 5.82 Å². The van der Waals surface area contributed by atoms with E-state index in [0.29, 0.717) is 23.4 Å². The normalized spacial score (nSPS) is 31.2. The van der Waals surface area contributed by atoms with Gasteiger partial charge in [-0.15, -0.1) is 0 Å². The molecule has 3 aliphatic rings. The van der Waals surface area contributed by atoms with Gasteiger partial charge in [-0.05, 0) is 44.4 Å². The third-order valence-corrected chi connectivity index (χ3v) is 6.87. The van der Waals surface area contributed by atoms with Gasteiger partial charge in [-0.2, -0.15) is 9.61 Å². The lowest BCUT2D eigenvalue weighted by atomic mass is 9.76. The SMILES string of the molecule is CC1Cc2c(nc3ccnn3c2N[C@H]2CC[C@H](N)C2)C12CCCC2. The van der Waals surface area contributed by atoms with Crippen LogP contribution in [0.15, 0.2) is 12.3 Å². The predicted octanol–water partition coefficient (Wildman–Crippen LogP) is 3.03. The van der Waals surface area contributed by atoms with Crippen LogP contribution >= 0.6 is 0 Å². The number of rotatable bonds is 2. The zero-order valence-corrected chi connectivity index (χ0v) is 14.5. The first-order valence-corrected chi connectivity index (χ1v) is 9.56. The van der Waals surface area contributed by atoms with Gasteiger partial charge in [0.25, 0.3) is 0 Å². The Labute approximate surface area is 143 Å². The Hall–Kier alpha value is -1.62. The fourth-order valence-corrected chi connectivity index (χ4v) is 5.54. The van der Waals surface area contributed by atoms with Crippen molar-refractivity contribution in [3.8, 4) is 0 Å². The third kappa shape index (κ3) is 1.97. The van der Waals surface area contributed by atoms with Crippen molar-refractivity contribution in [2.75, 3.05) is 5.32 Å². The molecular formula is C19H27N5. The highest BCUT2D eigenvalue weighted by Crippen LogP contribution is 2.54. The molecule has 5 nitrogen and oxygen atoms in total. The van der Waals surface area contributed by atoms with E-state index in [-0.39, 0.29) is 0 Å². The Balaban J connectivity index is 1.64. The van der Waals surface area contributed by atoms with Crippen molar-refractivity contribution in [1.29, 1.82) is 0 Å². The van der Waals surface area contributed by atoms with Crippen molar-refractivity contribution >= 4 is 11.5 Å². The summed E-state index contributed by atoms with van der Waals surface area (Å²) in [6.07, 6.45) is 11.6. The number of nitrogens with zero attached hydrogens (tertiary/aromatic N) is 3. The van der Waals surface area contributed by atoms with Gasteiger partial charge in [0.05, 0.1) is 11.9 Å². The Morgan fingerprint density at radius 1 is 1.29 bits per heavy atom. The molecular weight excluding hydrogens is 298 g/mol. The second kappa shape index (κ2) is 5.19. The largest absolute Gasteiger partial charge is 0.367 e. The summed E-state index contributed by atoms with van der Waals surface area (Å²) in [4.78, 5) is 5.09. The minimum absolute atomic E-state index is 0.309. The number of hydrogen-bond acceptors (Lipinski definition) is 4. The summed E-state index contributed by atoms with van der Waals surface area (Å²) in [5.74, 6) is 1.87. The van der Waals surface area contributed by atoms with Crippen molar-refractivity contribution in [3.63, 3.8) is 0 Å². The molecule has 1 spiro atoms. The smallest absolute Gasteiger partial charge is 0.157 e. The Morgan fingerprint density at radius 3 is 2.88 bits per heavy atom. The topological polar surface area (TPSA) is 68.2 Å². The van der Waals surface area contributed by atoms with Crippen molar-refractivity contribution in [2.45, 2.75) is 75.8 Å². The molecule has 2 fully saturated rings. The molecule has 0 amide bonds. The molecule has 0 radical (unpaired) electrons. The molecule has 1 unspecified atom stereocenters. The molecule has 24 heavy (non-hydrogen) atoms. The van der Waals surface area contributed by atoms with Crippen molar-refractivity contribution in [3.05, 3.63) is 23.5 Å². The highest BCUT2D eigenvalue weighted by molar-refractivity contribution is 5.60. The van der Waals surface area contributed by atoms with E-state index in [1.54, 1.807) is 0 Å². The third-order valence-electron chi connectivity index (χ3n) is 6.87. The van der Waals surface area contributed by atoms with E-state index >= 15 is 0 Å². The lowest BCUT2D eigenvalue weighted by Crippen LogP contribution is -2.27. The van der Waals surface area contributed by atoms with Gasteiger partial charge in [-0.1, -0.05) is 19.8 Å². The van der Waals surface area contributed by atoms with Crippen LogP contribution in [0, 0.1) is 5.92 Å². The standard InChI is InChI=1S/C19H27N5/c1-12-10-15-17(19(12)7-2-3-8-19)23-16-6-9-21-24(16)18(15)22-14-5-4-13(20)11-14/h6,9,12-14,22H,2-5,7-8,10-11,20H2,1H3/t12?,13-,14-/m0/s1. The molecule has 2 heterocycles. The molecule has 5 rings (SSSR count). The molecule has 0 bridgehead atoms. The number of nitrogens with one attached hydrogen (secondary N) is 1. The number of fused-ring (bicyclic) bond motifs is 3. The molecule has 0 saturated heterocycles. The maximum Gasteiger partial charge on any atom is 0.157 e. The molecule has 5 heteroatoms. The molecule has 2 aromatic rings. The number of nitrogens with two attached hydrogens (primary N) is 1. The van der Waals surface area contributed by atoms with Crippen LogP contribution in [0.4, 0.5) is 5.82 Å². The Bertz CT molecular complexity index is 773. The summed E-state index contributed by atoms with van der Waals surface area (Å²) in [5, 5.41) is 8.37. The molecule has 3 N–H and O–H groups in total. The molecule has 2 saturated carbocycles. The van der Waals surface area contributed by atoms with Crippen molar-refractivity contribution in [1.82, 2.24) is 14.6 Å². The van der Waals surface area contributed by atoms with E-state index in [9.17, 15) is 0 Å². The quantitative estimate of drug-likeness (QED) is 0.890. The summed E-state index contributed by atoms with van der Waals surface area (Å²) in [5.41, 5.74) is 10.2. The van der Waals surface area contributed by atoms with Gasteiger partial charge >= 0.3 is 0 Å². The van der Waals surface area contributed by atoms with Crippen molar-refractivity contribution < 1.29 is 0 Å². The second-order valence-electron chi connectivity index (χ2n) is 8.27. The van der Waals surface area contributed by atoms with Gasteiger partial charge in [-0.3, -0.25) is 0 Å². The van der Waals surface area contributed by atoms with Crippen LogP contribution in [0.25, 0.3) is 5.65 Å². The minimum Gasteiger partial charge on any atom is -0.367 e. The summed E-state index contributed by atoms with van der Waals surface area (Å²) < 4.78 is 2.02. The van der Waals surface area contributed by atoms with Crippen LogP contribution in [0.1, 0.15) is 63.1 Å².